The van der Waals surface area contributed by atoms with Crippen molar-refractivity contribution in [3.8, 4) is 5.75 Å². The van der Waals surface area contributed by atoms with Gasteiger partial charge in [0.15, 0.2) is 0 Å². The summed E-state index contributed by atoms with van der Waals surface area (Å²) in [6, 6.07) is 9.19. The maximum Gasteiger partial charge on any atom is 0.241 e. The van der Waals surface area contributed by atoms with E-state index in [1.807, 2.05) is 39.8 Å². The second kappa shape index (κ2) is 9.73. The fraction of sp³-hybridized carbons (Fsp3) is 0.458. The first-order chi connectivity index (χ1) is 14.4. The predicted octanol–water partition coefficient (Wildman–Crippen LogP) is 4.39. The van der Waals surface area contributed by atoms with Crippen LogP contribution in [-0.4, -0.2) is 34.2 Å². The third-order valence-electron chi connectivity index (χ3n) is 5.62. The Morgan fingerprint density at radius 1 is 1.06 bits per heavy atom. The first-order valence-corrected chi connectivity index (χ1v) is 12.2. The molecule has 0 aliphatic carbocycles. The van der Waals surface area contributed by atoms with Crippen LogP contribution in [0.15, 0.2) is 30.3 Å². The predicted molar refractivity (Wildman–Crippen MR) is 126 cm³/mol. The lowest BCUT2D eigenvalue weighted by Gasteiger charge is -2.26. The van der Waals surface area contributed by atoms with Crippen LogP contribution in [-0.2, 0) is 14.8 Å². The molecule has 1 atom stereocenters. The summed E-state index contributed by atoms with van der Waals surface area (Å²) in [5.74, 6) is 0.732. The van der Waals surface area contributed by atoms with Gasteiger partial charge in [0, 0.05) is 0 Å². The van der Waals surface area contributed by atoms with Gasteiger partial charge in [-0.15, -0.1) is 0 Å². The molecule has 2 aromatic carbocycles. The number of nitrogens with zero attached hydrogens (tertiary/aromatic N) is 1. The summed E-state index contributed by atoms with van der Waals surface area (Å²) < 4.78 is 31.6. The summed E-state index contributed by atoms with van der Waals surface area (Å²) in [6.45, 7) is 11.6. The average molecular weight is 447 g/mol. The lowest BCUT2D eigenvalue weighted by Crippen LogP contribution is -2.41. The molecule has 31 heavy (non-hydrogen) atoms. The number of nitrogens with one attached hydrogen (secondary N) is 1. The largest absolute Gasteiger partial charge is 0.496 e. The SMILES string of the molecule is COc1cc(C)c([C@@H](C)NC(=O)CN(c2cccc(C)c2C)S(C)(=O)=O)cc1C(C)C. The lowest BCUT2D eigenvalue weighted by molar-refractivity contribution is -0.120. The molecule has 6 nitrogen and oxygen atoms in total. The third kappa shape index (κ3) is 5.79. The highest BCUT2D eigenvalue weighted by molar-refractivity contribution is 7.92. The Kier molecular flexibility index (Phi) is 7.76. The summed E-state index contributed by atoms with van der Waals surface area (Å²) in [6.07, 6.45) is 1.12. The molecule has 0 unspecified atom stereocenters. The Labute approximate surface area is 186 Å². The molecule has 0 fully saturated rings. The molecule has 0 spiro atoms. The monoisotopic (exact) mass is 446 g/mol. The van der Waals surface area contributed by atoms with Crippen LogP contribution in [0.3, 0.4) is 0 Å². The average Bonchev–Trinajstić information content (AvgIpc) is 2.67. The van der Waals surface area contributed by atoms with E-state index in [0.29, 0.717) is 5.69 Å². The molecule has 1 amide bonds. The standard InChI is InChI=1S/C24H34N2O4S/c1-15(2)20-13-21(17(4)12-23(20)30-7)19(6)25-24(27)14-26(31(8,28)29)22-11-9-10-16(3)18(22)5/h9-13,15,19H,14H2,1-8H3,(H,25,27)/t19-/m1/s1. The van der Waals surface area contributed by atoms with Gasteiger partial charge in [0.1, 0.15) is 12.3 Å². The van der Waals surface area contributed by atoms with Crippen LogP contribution in [0.2, 0.25) is 0 Å². The van der Waals surface area contributed by atoms with Crippen molar-refractivity contribution in [2.24, 2.45) is 0 Å². The van der Waals surface area contributed by atoms with Crippen molar-refractivity contribution in [1.29, 1.82) is 0 Å². The van der Waals surface area contributed by atoms with Gasteiger partial charge in [-0.05, 0) is 79.6 Å². The number of methoxy groups -OCH3 is 1. The summed E-state index contributed by atoms with van der Waals surface area (Å²) >= 11 is 0. The van der Waals surface area contributed by atoms with Gasteiger partial charge in [0.05, 0.1) is 25.1 Å². The van der Waals surface area contributed by atoms with E-state index in [1.165, 1.54) is 0 Å². The van der Waals surface area contributed by atoms with E-state index >= 15 is 0 Å². The van der Waals surface area contributed by atoms with E-state index in [1.54, 1.807) is 19.2 Å². The highest BCUT2D eigenvalue weighted by Gasteiger charge is 2.24. The Morgan fingerprint density at radius 2 is 1.71 bits per heavy atom. The molecule has 7 heteroatoms. The molecular formula is C24H34N2O4S. The number of hydrogen-bond acceptors (Lipinski definition) is 4. The number of amides is 1. The molecule has 0 aliphatic heterocycles. The van der Waals surface area contributed by atoms with Gasteiger partial charge in [0.2, 0.25) is 15.9 Å². The fourth-order valence-corrected chi connectivity index (χ4v) is 4.60. The minimum Gasteiger partial charge on any atom is -0.496 e. The Balaban J connectivity index is 2.29. The number of anilines is 1. The zero-order valence-electron chi connectivity index (χ0n) is 19.7. The second-order valence-electron chi connectivity index (χ2n) is 8.38. The Bertz CT molecular complexity index is 1060. The van der Waals surface area contributed by atoms with Crippen molar-refractivity contribution < 1.29 is 17.9 Å². The van der Waals surface area contributed by atoms with Crippen LogP contribution in [0.1, 0.15) is 60.5 Å². The van der Waals surface area contributed by atoms with Crippen LogP contribution < -0.4 is 14.4 Å². The first-order valence-electron chi connectivity index (χ1n) is 10.4. The number of ether oxygens (including phenoxy) is 1. The van der Waals surface area contributed by atoms with Crippen molar-refractivity contribution in [3.63, 3.8) is 0 Å². The van der Waals surface area contributed by atoms with Gasteiger partial charge in [-0.2, -0.15) is 0 Å². The molecule has 0 bridgehead atoms. The van der Waals surface area contributed by atoms with E-state index in [2.05, 4.69) is 25.2 Å². The lowest BCUT2D eigenvalue weighted by atomic mass is 9.93. The van der Waals surface area contributed by atoms with Crippen LogP contribution in [0.25, 0.3) is 0 Å². The number of benzene rings is 2. The maximum atomic E-state index is 12.9. The topological polar surface area (TPSA) is 75.7 Å². The number of carbonyl (C=O) groups excluding carboxylic acids is 1. The summed E-state index contributed by atoms with van der Waals surface area (Å²) in [5, 5.41) is 2.96. The molecule has 2 aromatic rings. The highest BCUT2D eigenvalue weighted by Crippen LogP contribution is 2.32. The highest BCUT2D eigenvalue weighted by atomic mass is 32.2. The smallest absolute Gasteiger partial charge is 0.241 e. The van der Waals surface area contributed by atoms with E-state index in [9.17, 15) is 13.2 Å². The molecule has 0 saturated heterocycles. The maximum absolute atomic E-state index is 12.9. The molecule has 0 heterocycles. The normalized spacial score (nSPS) is 12.5. The molecule has 0 saturated carbocycles. The summed E-state index contributed by atoms with van der Waals surface area (Å²) in [5.41, 5.74) is 5.38. The van der Waals surface area contributed by atoms with Crippen LogP contribution >= 0.6 is 0 Å². The number of hydrogen-bond donors (Lipinski definition) is 1. The van der Waals surface area contributed by atoms with Gasteiger partial charge < -0.3 is 10.1 Å². The van der Waals surface area contributed by atoms with Crippen LogP contribution in [0.4, 0.5) is 5.69 Å². The van der Waals surface area contributed by atoms with Crippen molar-refractivity contribution >= 4 is 21.6 Å². The van der Waals surface area contributed by atoms with E-state index in [4.69, 9.17) is 4.74 Å². The van der Waals surface area contributed by atoms with Gasteiger partial charge in [-0.1, -0.05) is 26.0 Å². The minimum atomic E-state index is -3.63. The van der Waals surface area contributed by atoms with Crippen molar-refractivity contribution in [3.05, 3.63) is 58.1 Å². The van der Waals surface area contributed by atoms with Crippen LogP contribution in [0, 0.1) is 20.8 Å². The van der Waals surface area contributed by atoms with E-state index < -0.39 is 10.0 Å². The van der Waals surface area contributed by atoms with Gasteiger partial charge in [0.25, 0.3) is 0 Å². The van der Waals surface area contributed by atoms with E-state index in [0.717, 1.165) is 44.1 Å². The molecule has 2 rings (SSSR count). The second-order valence-corrected chi connectivity index (χ2v) is 10.3. The first kappa shape index (κ1) is 24.7. The Hall–Kier alpha value is -2.54. The summed E-state index contributed by atoms with van der Waals surface area (Å²) in [7, 11) is -1.98. The summed E-state index contributed by atoms with van der Waals surface area (Å²) in [4.78, 5) is 12.9. The third-order valence-corrected chi connectivity index (χ3v) is 6.74. The van der Waals surface area contributed by atoms with Crippen molar-refractivity contribution in [2.75, 3.05) is 24.2 Å². The molecule has 170 valence electrons. The van der Waals surface area contributed by atoms with Crippen LogP contribution in [0.5, 0.6) is 5.75 Å². The quantitative estimate of drug-likeness (QED) is 0.653. The molecule has 0 radical (unpaired) electrons. The van der Waals surface area contributed by atoms with Gasteiger partial charge in [-0.3, -0.25) is 9.10 Å². The zero-order valence-corrected chi connectivity index (χ0v) is 20.6. The molecule has 0 aromatic heterocycles. The molecule has 0 aliphatic rings. The number of carbonyl (C=O) groups is 1. The zero-order chi connectivity index (χ0) is 23.5. The van der Waals surface area contributed by atoms with Gasteiger partial charge in [-0.25, -0.2) is 8.42 Å². The number of rotatable bonds is 8. The number of aryl methyl sites for hydroxylation is 2. The minimum absolute atomic E-state index is 0.266. The van der Waals surface area contributed by atoms with Crippen molar-refractivity contribution in [1.82, 2.24) is 5.32 Å². The fourth-order valence-electron chi connectivity index (χ4n) is 3.69. The van der Waals surface area contributed by atoms with E-state index in [-0.39, 0.29) is 24.4 Å². The molecular weight excluding hydrogens is 412 g/mol. The Morgan fingerprint density at radius 3 is 2.26 bits per heavy atom. The number of sulfonamides is 1. The van der Waals surface area contributed by atoms with Gasteiger partial charge >= 0.3 is 0 Å². The molecule has 1 N–H and O–H groups in total. The van der Waals surface area contributed by atoms with Crippen molar-refractivity contribution in [2.45, 2.75) is 53.5 Å².